The van der Waals surface area contributed by atoms with Crippen LogP contribution in [0.4, 0.5) is 4.79 Å². The number of fused-ring (bicyclic) bond motifs is 14. The minimum atomic E-state index is -3.64. The van der Waals surface area contributed by atoms with Crippen LogP contribution in [0.15, 0.2) is 115 Å². The molecule has 0 saturated carbocycles. The van der Waals surface area contributed by atoms with Gasteiger partial charge in [0, 0.05) is 26.3 Å². The van der Waals surface area contributed by atoms with Gasteiger partial charge in [0.05, 0.1) is 51.5 Å². The standard InChI is InChI=1S/C33H37NO7.C22H25NO7S/c1-33(2,3)41-32(37)34(4)27-18-22-11-14-26(15-12-22)40-30-19-24(13-16-29(30)38-5)17-25(20-28(27)35)31(36)39-21-23-9-7-6-8-10-23;1-28-20-9-6-15-10-16(22(25)29-2)13-19(24)18(23-31(3,26)27)11-14-4-7-17(8-5-14)30-21(20)12-15/h6-16,19,25,27H,17-18,20-21H2,1-5H3;4-9,12,16,18,23H,10-11,13H2,1-3H3/t25-,27+;16-,18+/m11/s1. The number of ketones is 2. The van der Waals surface area contributed by atoms with Gasteiger partial charge in [0.25, 0.3) is 0 Å². The first-order valence-electron chi connectivity index (χ1n) is 23.3. The van der Waals surface area contributed by atoms with E-state index in [0.29, 0.717) is 34.5 Å². The van der Waals surface area contributed by atoms with Gasteiger partial charge >= 0.3 is 18.0 Å². The molecule has 4 aliphatic heterocycles. The van der Waals surface area contributed by atoms with Gasteiger partial charge in [0.2, 0.25) is 10.0 Å². The molecule has 5 aromatic rings. The van der Waals surface area contributed by atoms with Crippen molar-refractivity contribution >= 4 is 39.6 Å². The number of hydrogen-bond donors (Lipinski definition) is 1. The Bertz CT molecular complexity index is 2810. The molecule has 0 saturated heterocycles. The van der Waals surface area contributed by atoms with Crippen molar-refractivity contribution in [2.45, 2.75) is 83.6 Å². The molecule has 72 heavy (non-hydrogen) atoms. The number of amides is 1. The molecule has 382 valence electrons. The summed E-state index contributed by atoms with van der Waals surface area (Å²) in [6.45, 7) is 5.41. The normalized spacial score (nSPS) is 18.1. The minimum Gasteiger partial charge on any atom is -0.493 e. The molecule has 0 spiro atoms. The second kappa shape index (κ2) is 24.3. The molecular weight excluding hydrogens is 945 g/mol. The van der Waals surface area contributed by atoms with Crippen LogP contribution in [0.25, 0.3) is 0 Å². The van der Waals surface area contributed by atoms with Crippen molar-refractivity contribution in [2.24, 2.45) is 11.8 Å². The third-order valence-electron chi connectivity index (χ3n) is 11.8. The summed E-state index contributed by atoms with van der Waals surface area (Å²) < 4.78 is 65.2. The Balaban J connectivity index is 0.000000245. The number of nitrogens with zero attached hydrogens (tertiary/aromatic N) is 1. The monoisotopic (exact) mass is 1010 g/mol. The van der Waals surface area contributed by atoms with Gasteiger partial charge in [-0.2, -0.15) is 0 Å². The maximum atomic E-state index is 13.9. The average Bonchev–Trinajstić information content (AvgIpc) is 3.34. The van der Waals surface area contributed by atoms with Crippen molar-refractivity contribution in [3.63, 3.8) is 0 Å². The van der Waals surface area contributed by atoms with Crippen LogP contribution in [0, 0.1) is 11.8 Å². The van der Waals surface area contributed by atoms with Gasteiger partial charge in [0.1, 0.15) is 23.7 Å². The number of Topliss-reactive ketones (excluding diaryl/α,β-unsaturated/α-hetero) is 2. The number of nitrogens with one attached hydrogen (secondary N) is 1. The average molecular weight is 1010 g/mol. The van der Waals surface area contributed by atoms with Crippen LogP contribution in [-0.4, -0.2) is 95.2 Å². The Kier molecular flexibility index (Phi) is 18.2. The fourth-order valence-corrected chi connectivity index (χ4v) is 8.92. The molecule has 4 atom stereocenters. The van der Waals surface area contributed by atoms with Gasteiger partial charge in [0.15, 0.2) is 34.6 Å². The molecule has 1 amide bonds. The summed E-state index contributed by atoms with van der Waals surface area (Å²) in [5, 5.41) is 0. The van der Waals surface area contributed by atoms with E-state index in [1.54, 1.807) is 83.5 Å². The zero-order chi connectivity index (χ0) is 52.2. The topological polar surface area (TPSA) is 199 Å². The van der Waals surface area contributed by atoms with Crippen molar-refractivity contribution in [1.29, 1.82) is 0 Å². The van der Waals surface area contributed by atoms with Crippen LogP contribution in [0.3, 0.4) is 0 Å². The first-order chi connectivity index (χ1) is 34.2. The van der Waals surface area contributed by atoms with Gasteiger partial charge in [-0.05, 0) is 116 Å². The Hall–Kier alpha value is -7.24. The van der Waals surface area contributed by atoms with E-state index in [2.05, 4.69) is 4.72 Å². The lowest BCUT2D eigenvalue weighted by atomic mass is 9.89. The molecule has 5 aromatic carbocycles. The summed E-state index contributed by atoms with van der Waals surface area (Å²) in [6, 6.07) is 32.6. The maximum absolute atomic E-state index is 13.9. The summed E-state index contributed by atoms with van der Waals surface area (Å²) >= 11 is 0. The molecule has 4 aliphatic rings. The molecule has 0 unspecified atom stereocenters. The largest absolute Gasteiger partial charge is 0.493 e. The van der Waals surface area contributed by atoms with Crippen molar-refractivity contribution < 1.29 is 65.5 Å². The van der Waals surface area contributed by atoms with Crippen LogP contribution in [0.5, 0.6) is 34.5 Å². The number of rotatable bonds is 9. The molecule has 17 heteroatoms. The molecule has 16 nitrogen and oxygen atoms in total. The second-order valence-corrected chi connectivity index (χ2v) is 20.5. The van der Waals surface area contributed by atoms with Gasteiger partial charge in [-0.15, -0.1) is 0 Å². The number of methoxy groups -OCH3 is 3. The van der Waals surface area contributed by atoms with Gasteiger partial charge in [-0.3, -0.25) is 19.2 Å². The van der Waals surface area contributed by atoms with Gasteiger partial charge in [-0.1, -0.05) is 66.7 Å². The van der Waals surface area contributed by atoms with Crippen LogP contribution < -0.4 is 23.7 Å². The highest BCUT2D eigenvalue weighted by atomic mass is 32.2. The van der Waals surface area contributed by atoms with E-state index in [1.165, 1.54) is 19.1 Å². The summed E-state index contributed by atoms with van der Waals surface area (Å²) in [5.41, 5.74) is 3.21. The number of hydrogen-bond acceptors (Lipinski definition) is 14. The summed E-state index contributed by atoms with van der Waals surface area (Å²) in [4.78, 5) is 67.1. The minimum absolute atomic E-state index is 0.0917. The third-order valence-corrected chi connectivity index (χ3v) is 12.6. The smallest absolute Gasteiger partial charge is 0.410 e. The third kappa shape index (κ3) is 15.6. The molecule has 1 N–H and O–H groups in total. The molecule has 0 aromatic heterocycles. The molecule has 0 radical (unpaired) electrons. The first-order valence-corrected chi connectivity index (χ1v) is 25.2. The number of ether oxygens (including phenoxy) is 7. The van der Waals surface area contributed by atoms with E-state index in [-0.39, 0.29) is 56.7 Å². The fraction of sp³-hybridized carbons (Fsp3) is 0.364. The second-order valence-electron chi connectivity index (χ2n) is 18.7. The van der Waals surface area contributed by atoms with Crippen LogP contribution in [0.1, 0.15) is 61.4 Å². The molecule has 8 bridgehead atoms. The lowest BCUT2D eigenvalue weighted by Gasteiger charge is -2.31. The number of carbonyl (C=O) groups excluding carboxylic acids is 5. The number of carbonyl (C=O) groups is 5. The summed E-state index contributed by atoms with van der Waals surface area (Å²) in [7, 11) is 2.27. The van der Waals surface area contributed by atoms with Crippen LogP contribution in [0.2, 0.25) is 0 Å². The van der Waals surface area contributed by atoms with E-state index >= 15 is 0 Å². The van der Waals surface area contributed by atoms with Crippen LogP contribution >= 0.6 is 0 Å². The van der Waals surface area contributed by atoms with E-state index < -0.39 is 57.6 Å². The number of esters is 2. The summed E-state index contributed by atoms with van der Waals surface area (Å²) in [6.07, 6.45) is 0.955. The highest BCUT2D eigenvalue weighted by Crippen LogP contribution is 2.36. The van der Waals surface area contributed by atoms with E-state index in [1.807, 2.05) is 66.7 Å². The molecule has 4 heterocycles. The Labute approximate surface area is 420 Å². The zero-order valence-corrected chi connectivity index (χ0v) is 42.6. The zero-order valence-electron chi connectivity index (χ0n) is 41.8. The molecule has 9 rings (SSSR count). The van der Waals surface area contributed by atoms with Crippen molar-refractivity contribution in [1.82, 2.24) is 9.62 Å². The number of sulfonamides is 1. The highest BCUT2D eigenvalue weighted by molar-refractivity contribution is 7.88. The SMILES string of the molecule is COC(=O)[C@H]1CC(=O)[C@@H](NS(C)(=O)=O)Cc2ccc(cc2)Oc2cc(ccc2OC)C1.COc1ccc2cc1Oc1ccc(cc1)C[C@H](N(C)C(=O)OC(C)(C)C)C(=O)C[C@H](C(=O)OCc1ccccc1)C2. The predicted octanol–water partition coefficient (Wildman–Crippen LogP) is 8.39. The van der Waals surface area contributed by atoms with Crippen molar-refractivity contribution in [2.75, 3.05) is 34.6 Å². The molecular formula is C55H62N2O14S. The molecule has 0 aliphatic carbocycles. The van der Waals surface area contributed by atoms with E-state index in [0.717, 1.165) is 34.1 Å². The summed E-state index contributed by atoms with van der Waals surface area (Å²) in [5.74, 6) is -0.0314. The highest BCUT2D eigenvalue weighted by Gasteiger charge is 2.35. The van der Waals surface area contributed by atoms with E-state index in [4.69, 9.17) is 33.2 Å². The quantitative estimate of drug-likeness (QED) is 0.109. The predicted molar refractivity (Wildman–Crippen MR) is 268 cm³/mol. The lowest BCUT2D eigenvalue weighted by molar-refractivity contribution is -0.151. The fourth-order valence-electron chi connectivity index (χ4n) is 8.19. The number of likely N-dealkylation sites (N-methyl/N-ethyl adjacent to an activating group) is 1. The maximum Gasteiger partial charge on any atom is 0.410 e. The molecule has 0 fully saturated rings. The first kappa shape index (κ1) is 54.1. The van der Waals surface area contributed by atoms with Gasteiger partial charge in [-0.25, -0.2) is 17.9 Å². The van der Waals surface area contributed by atoms with Crippen LogP contribution in [-0.2, 0) is 75.7 Å². The Morgan fingerprint density at radius 1 is 0.639 bits per heavy atom. The Morgan fingerprint density at radius 2 is 1.12 bits per heavy atom. The lowest BCUT2D eigenvalue weighted by Crippen LogP contribution is -2.46. The van der Waals surface area contributed by atoms with Crippen molar-refractivity contribution in [3.05, 3.63) is 143 Å². The van der Waals surface area contributed by atoms with Gasteiger partial charge < -0.3 is 38.1 Å². The Morgan fingerprint density at radius 3 is 1.61 bits per heavy atom. The van der Waals surface area contributed by atoms with Crippen molar-refractivity contribution in [3.8, 4) is 34.5 Å². The van der Waals surface area contributed by atoms with E-state index in [9.17, 15) is 32.4 Å². The number of benzene rings is 5.